The zero-order valence-electron chi connectivity index (χ0n) is 24.8. The van der Waals surface area contributed by atoms with E-state index in [1.165, 1.54) is 4.90 Å². The molecule has 4 fully saturated rings. The predicted octanol–water partition coefficient (Wildman–Crippen LogP) is 2.67. The summed E-state index contributed by atoms with van der Waals surface area (Å²) in [5.74, 6) is -9.39. The maximum absolute atomic E-state index is 14.5. The molecule has 252 valence electrons. The fraction of sp³-hybridized carbons (Fsp3) is 0.633. The lowest BCUT2D eigenvalue weighted by molar-refractivity contribution is -0.149. The van der Waals surface area contributed by atoms with Crippen LogP contribution in [0.5, 0.6) is 0 Å². The number of fused-ring (bicyclic) bond motifs is 1. The van der Waals surface area contributed by atoms with Gasteiger partial charge in [-0.25, -0.2) is 13.2 Å². The second kappa shape index (κ2) is 13.5. The van der Waals surface area contributed by atoms with E-state index in [-0.39, 0.29) is 24.8 Å². The van der Waals surface area contributed by atoms with Crippen LogP contribution in [0.15, 0.2) is 12.1 Å². The van der Waals surface area contributed by atoms with Crippen molar-refractivity contribution in [1.29, 1.82) is 0 Å². The average Bonchev–Trinajstić information content (AvgIpc) is 3.65. The Balaban J connectivity index is 1.41. The van der Waals surface area contributed by atoms with Crippen LogP contribution in [0.1, 0.15) is 51.4 Å². The summed E-state index contributed by atoms with van der Waals surface area (Å²) in [4.78, 5) is 68.7. The van der Waals surface area contributed by atoms with E-state index in [2.05, 4.69) is 16.0 Å². The molecule has 10 nitrogen and oxygen atoms in total. The molecule has 4 amide bonds. The Labute approximate surface area is 260 Å². The Morgan fingerprint density at radius 2 is 1.67 bits per heavy atom. The summed E-state index contributed by atoms with van der Waals surface area (Å²) < 4.78 is 82.3. The molecule has 3 heterocycles. The molecule has 1 aromatic rings. The van der Waals surface area contributed by atoms with Gasteiger partial charge in [0.2, 0.25) is 23.5 Å². The first-order valence-electron chi connectivity index (χ1n) is 15.4. The number of benzene rings is 1. The number of carbonyl (C=O) groups is 5. The van der Waals surface area contributed by atoms with E-state index < -0.39 is 95.6 Å². The molecule has 1 aromatic carbocycles. The van der Waals surface area contributed by atoms with E-state index in [0.29, 0.717) is 63.9 Å². The maximum Gasteiger partial charge on any atom is 0.389 e. The molecule has 1 aliphatic carbocycles. The van der Waals surface area contributed by atoms with E-state index in [9.17, 15) is 50.3 Å². The molecular formula is C30H35F6N5O5. The van der Waals surface area contributed by atoms with Crippen LogP contribution in [0.4, 0.5) is 32.0 Å². The van der Waals surface area contributed by atoms with Crippen molar-refractivity contribution in [2.24, 2.45) is 17.8 Å². The molecule has 3 aliphatic heterocycles. The van der Waals surface area contributed by atoms with E-state index in [1.54, 1.807) is 0 Å². The minimum atomic E-state index is -4.73. The van der Waals surface area contributed by atoms with E-state index in [4.69, 9.17) is 0 Å². The van der Waals surface area contributed by atoms with Gasteiger partial charge < -0.3 is 25.8 Å². The van der Waals surface area contributed by atoms with Crippen molar-refractivity contribution in [2.75, 3.05) is 31.5 Å². The summed E-state index contributed by atoms with van der Waals surface area (Å²) in [6.45, 7) is 1.06. The van der Waals surface area contributed by atoms with Gasteiger partial charge in [0.25, 0.3) is 5.91 Å². The summed E-state index contributed by atoms with van der Waals surface area (Å²) in [5.41, 5.74) is -0.993. The van der Waals surface area contributed by atoms with Crippen LogP contribution < -0.4 is 16.0 Å². The normalized spacial score (nSPS) is 25.4. The number of Topliss-reactive ketones (excluding diaryl/α,β-unsaturated/α-hetero) is 1. The van der Waals surface area contributed by atoms with Gasteiger partial charge in [0.15, 0.2) is 11.6 Å². The van der Waals surface area contributed by atoms with Gasteiger partial charge in [-0.05, 0) is 50.4 Å². The molecule has 4 aliphatic rings. The molecule has 46 heavy (non-hydrogen) atoms. The van der Waals surface area contributed by atoms with Crippen molar-refractivity contribution < 1.29 is 50.3 Å². The van der Waals surface area contributed by atoms with Crippen molar-refractivity contribution in [3.05, 3.63) is 29.6 Å². The van der Waals surface area contributed by atoms with Crippen molar-refractivity contribution in [2.45, 2.75) is 75.7 Å². The Morgan fingerprint density at radius 1 is 0.978 bits per heavy atom. The highest BCUT2D eigenvalue weighted by atomic mass is 19.4. The highest BCUT2D eigenvalue weighted by molar-refractivity contribution is 6.38. The number of hydrogen-bond acceptors (Lipinski definition) is 6. The van der Waals surface area contributed by atoms with Crippen LogP contribution in [-0.2, 0) is 24.0 Å². The lowest BCUT2D eigenvalue weighted by Crippen LogP contribution is -2.58. The SMILES string of the molecule is O=C1NCC[C@H]1C[C@H](NC(=O)[C@@H]1[C@H]2CCC[C@H]2CN1C(=O)[C@@H](CCC(F)(F)F)Nc1c(F)cc(F)cc1F)C(=O)C(=O)N1CCC1. The molecule has 16 heteroatoms. The third-order valence-corrected chi connectivity index (χ3v) is 9.45. The molecule has 1 saturated carbocycles. The van der Waals surface area contributed by atoms with Crippen LogP contribution >= 0.6 is 0 Å². The van der Waals surface area contributed by atoms with Crippen LogP contribution in [0, 0.1) is 35.2 Å². The minimum absolute atomic E-state index is 0.0312. The third kappa shape index (κ3) is 7.25. The first-order valence-corrected chi connectivity index (χ1v) is 15.4. The number of hydrogen-bond donors (Lipinski definition) is 3. The number of carbonyl (C=O) groups excluding carboxylic acids is 5. The van der Waals surface area contributed by atoms with Gasteiger partial charge >= 0.3 is 6.18 Å². The van der Waals surface area contributed by atoms with Crippen LogP contribution in [0.3, 0.4) is 0 Å². The Hall–Kier alpha value is -3.85. The van der Waals surface area contributed by atoms with Crippen LogP contribution in [0.25, 0.3) is 0 Å². The number of rotatable bonds is 11. The van der Waals surface area contributed by atoms with Gasteiger partial charge in [0.1, 0.15) is 23.6 Å². The van der Waals surface area contributed by atoms with Crippen molar-refractivity contribution in [3.63, 3.8) is 0 Å². The number of halogens is 6. The second-order valence-electron chi connectivity index (χ2n) is 12.5. The zero-order chi connectivity index (χ0) is 33.3. The molecule has 3 saturated heterocycles. The minimum Gasteiger partial charge on any atom is -0.369 e. The van der Waals surface area contributed by atoms with E-state index in [1.807, 2.05) is 0 Å². The van der Waals surface area contributed by atoms with Gasteiger partial charge in [0, 0.05) is 50.7 Å². The lowest BCUT2D eigenvalue weighted by atomic mass is 9.91. The molecule has 0 unspecified atom stereocenters. The highest BCUT2D eigenvalue weighted by Gasteiger charge is 2.51. The summed E-state index contributed by atoms with van der Waals surface area (Å²) in [6, 6.07) is -3.87. The topological polar surface area (TPSA) is 128 Å². The molecule has 0 radical (unpaired) electrons. The Morgan fingerprint density at radius 3 is 2.26 bits per heavy atom. The lowest BCUT2D eigenvalue weighted by Gasteiger charge is -2.34. The monoisotopic (exact) mass is 659 g/mol. The third-order valence-electron chi connectivity index (χ3n) is 9.45. The molecule has 0 bridgehead atoms. The van der Waals surface area contributed by atoms with Crippen molar-refractivity contribution in [1.82, 2.24) is 20.4 Å². The number of nitrogens with one attached hydrogen (secondary N) is 3. The first kappa shape index (κ1) is 33.5. The molecule has 6 atom stereocenters. The largest absolute Gasteiger partial charge is 0.389 e. The zero-order valence-corrected chi connectivity index (χ0v) is 24.8. The van der Waals surface area contributed by atoms with E-state index >= 15 is 0 Å². The maximum atomic E-state index is 14.5. The van der Waals surface area contributed by atoms with E-state index in [0.717, 1.165) is 4.90 Å². The predicted molar refractivity (Wildman–Crippen MR) is 149 cm³/mol. The number of ketones is 1. The number of nitrogens with zero attached hydrogens (tertiary/aromatic N) is 2. The number of anilines is 1. The number of amides is 4. The van der Waals surface area contributed by atoms with Crippen LogP contribution in [0.2, 0.25) is 0 Å². The molecular weight excluding hydrogens is 624 g/mol. The fourth-order valence-electron chi connectivity index (χ4n) is 6.96. The highest BCUT2D eigenvalue weighted by Crippen LogP contribution is 2.43. The summed E-state index contributed by atoms with van der Waals surface area (Å²) in [7, 11) is 0. The van der Waals surface area contributed by atoms with Crippen LogP contribution in [-0.4, -0.2) is 89.7 Å². The van der Waals surface area contributed by atoms with Gasteiger partial charge in [-0.3, -0.25) is 24.0 Å². The first-order chi connectivity index (χ1) is 21.7. The molecule has 0 aromatic heterocycles. The molecule has 5 rings (SSSR count). The van der Waals surface area contributed by atoms with Crippen molar-refractivity contribution in [3.8, 4) is 0 Å². The number of likely N-dealkylation sites (tertiary alicyclic amines) is 2. The quantitative estimate of drug-likeness (QED) is 0.248. The summed E-state index contributed by atoms with van der Waals surface area (Å²) in [5, 5.41) is 7.41. The van der Waals surface area contributed by atoms with Crippen molar-refractivity contribution >= 4 is 35.1 Å². The fourth-order valence-corrected chi connectivity index (χ4v) is 6.96. The summed E-state index contributed by atoms with van der Waals surface area (Å²) in [6.07, 6.45) is -4.45. The molecule has 0 spiro atoms. The standard InChI is InChI=1S/C30H35F6N5O5/c31-17-12-19(32)23(20(33)13-17)38-21(5-7-30(34,35)36)28(45)41-14-16-3-1-4-18(16)24(41)27(44)39-22(11-15-6-8-37-26(15)43)25(42)29(46)40-9-2-10-40/h12-13,15-16,18,21-22,24,38H,1-11,14H2,(H,37,43)(H,39,44)/t15-,16-,18-,21+,22-,24-/m0/s1. The van der Waals surface area contributed by atoms with Gasteiger partial charge in [-0.1, -0.05) is 6.42 Å². The van der Waals surface area contributed by atoms with Gasteiger partial charge in [0.05, 0.1) is 6.04 Å². The van der Waals surface area contributed by atoms with Gasteiger partial charge in [-0.15, -0.1) is 0 Å². The Bertz CT molecular complexity index is 1370. The van der Waals surface area contributed by atoms with Gasteiger partial charge in [-0.2, -0.15) is 13.2 Å². The number of alkyl halides is 3. The smallest absolute Gasteiger partial charge is 0.369 e. The molecule has 3 N–H and O–H groups in total. The summed E-state index contributed by atoms with van der Waals surface area (Å²) >= 11 is 0. The average molecular weight is 660 g/mol. The Kier molecular flexibility index (Phi) is 9.82. The second-order valence-corrected chi connectivity index (χ2v) is 12.5.